The molecule has 0 aromatic heterocycles. The van der Waals surface area contributed by atoms with Crippen LogP contribution in [0.2, 0.25) is 0 Å². The molecule has 0 heterocycles. The molecule has 0 saturated carbocycles. The van der Waals surface area contributed by atoms with Gasteiger partial charge in [0.2, 0.25) is 0 Å². The molecule has 0 radical (unpaired) electrons. The van der Waals surface area contributed by atoms with Crippen molar-refractivity contribution in [3.63, 3.8) is 0 Å². The second kappa shape index (κ2) is 4.98. The zero-order valence-corrected chi connectivity index (χ0v) is 10.4. The van der Waals surface area contributed by atoms with Crippen molar-refractivity contribution < 1.29 is 5.11 Å². The van der Waals surface area contributed by atoms with Crippen LogP contribution in [0.4, 0.5) is 5.69 Å². The van der Waals surface area contributed by atoms with E-state index in [2.05, 4.69) is 37.2 Å². The lowest BCUT2D eigenvalue weighted by molar-refractivity contribution is 0.281. The number of anilines is 1. The Morgan fingerprint density at radius 3 is 2.31 bits per heavy atom. The minimum Gasteiger partial charge on any atom is -0.394 e. The Balaban J connectivity index is 2.77. The van der Waals surface area contributed by atoms with Gasteiger partial charge in [0.05, 0.1) is 6.61 Å². The molecule has 4 heteroatoms. The van der Waals surface area contributed by atoms with Crippen LogP contribution < -0.4 is 5.32 Å². The molecule has 2 N–H and O–H groups in total. The Morgan fingerprint density at radius 2 is 1.85 bits per heavy atom. The van der Waals surface area contributed by atoms with Crippen molar-refractivity contribution in [3.8, 4) is 0 Å². The first-order valence-electron chi connectivity index (χ1n) is 3.95. The van der Waals surface area contributed by atoms with Gasteiger partial charge in [-0.3, -0.25) is 0 Å². The topological polar surface area (TPSA) is 32.3 Å². The van der Waals surface area contributed by atoms with Crippen LogP contribution in [-0.2, 0) is 0 Å². The van der Waals surface area contributed by atoms with E-state index in [1.807, 2.05) is 25.1 Å². The predicted molar refractivity (Wildman–Crippen MR) is 62.0 cm³/mol. The molecule has 0 aliphatic carbocycles. The zero-order chi connectivity index (χ0) is 9.84. The molecule has 0 aliphatic rings. The number of aliphatic hydroxyl groups excluding tert-OH is 1. The molecule has 0 unspecified atom stereocenters. The first-order chi connectivity index (χ1) is 6.11. The Morgan fingerprint density at radius 1 is 1.31 bits per heavy atom. The quantitative estimate of drug-likeness (QED) is 0.899. The van der Waals surface area contributed by atoms with Crippen LogP contribution in [0, 0.1) is 0 Å². The van der Waals surface area contributed by atoms with E-state index < -0.39 is 0 Å². The van der Waals surface area contributed by atoms with E-state index in [1.165, 1.54) is 0 Å². The maximum absolute atomic E-state index is 8.85. The summed E-state index contributed by atoms with van der Waals surface area (Å²) in [4.78, 5) is 0. The summed E-state index contributed by atoms with van der Waals surface area (Å²) in [6.07, 6.45) is 0. The van der Waals surface area contributed by atoms with E-state index in [0.717, 1.165) is 14.6 Å². The van der Waals surface area contributed by atoms with Crippen LogP contribution in [-0.4, -0.2) is 17.8 Å². The first-order valence-corrected chi connectivity index (χ1v) is 5.54. The lowest BCUT2D eigenvalue weighted by atomic mass is 10.3. The van der Waals surface area contributed by atoms with Gasteiger partial charge < -0.3 is 10.4 Å². The van der Waals surface area contributed by atoms with Gasteiger partial charge in [-0.05, 0) is 25.1 Å². The second-order valence-electron chi connectivity index (χ2n) is 2.89. The highest BCUT2D eigenvalue weighted by Crippen LogP contribution is 2.23. The molecule has 0 spiro atoms. The monoisotopic (exact) mass is 307 g/mol. The first kappa shape index (κ1) is 11.0. The third-order valence-corrected chi connectivity index (χ3v) is 2.47. The number of rotatable bonds is 3. The highest BCUT2D eigenvalue weighted by atomic mass is 79.9. The van der Waals surface area contributed by atoms with Gasteiger partial charge in [0.1, 0.15) is 0 Å². The molecule has 13 heavy (non-hydrogen) atoms. The van der Waals surface area contributed by atoms with Crippen LogP contribution in [0.25, 0.3) is 0 Å². The minimum atomic E-state index is 0.0706. The zero-order valence-electron chi connectivity index (χ0n) is 7.22. The van der Waals surface area contributed by atoms with E-state index in [1.54, 1.807) is 0 Å². The molecule has 72 valence electrons. The third kappa shape index (κ3) is 3.67. The van der Waals surface area contributed by atoms with E-state index in [9.17, 15) is 0 Å². The van der Waals surface area contributed by atoms with Crippen molar-refractivity contribution in [1.29, 1.82) is 0 Å². The standard InChI is InChI=1S/C9H11Br2NO/c1-6(5-13)12-9-3-7(10)2-8(11)4-9/h2-4,6,12-13H,5H2,1H3/t6-/m1/s1. The summed E-state index contributed by atoms with van der Waals surface area (Å²) in [5.41, 5.74) is 0.989. The van der Waals surface area contributed by atoms with Gasteiger partial charge in [0, 0.05) is 20.7 Å². The molecule has 1 aromatic rings. The van der Waals surface area contributed by atoms with Crippen LogP contribution in [0.3, 0.4) is 0 Å². The summed E-state index contributed by atoms with van der Waals surface area (Å²) < 4.78 is 2.02. The van der Waals surface area contributed by atoms with Gasteiger partial charge in [-0.2, -0.15) is 0 Å². The Hall–Kier alpha value is -0.0600. The third-order valence-electron chi connectivity index (χ3n) is 1.55. The van der Waals surface area contributed by atoms with Gasteiger partial charge in [-0.1, -0.05) is 31.9 Å². The Bertz CT molecular complexity index is 271. The van der Waals surface area contributed by atoms with Gasteiger partial charge in [0.15, 0.2) is 0 Å². The summed E-state index contributed by atoms with van der Waals surface area (Å²) in [5, 5.41) is 12.0. The predicted octanol–water partition coefficient (Wildman–Crippen LogP) is 3.00. The summed E-state index contributed by atoms with van der Waals surface area (Å²) in [7, 11) is 0. The smallest absolute Gasteiger partial charge is 0.0630 e. The summed E-state index contributed by atoms with van der Waals surface area (Å²) in [6.45, 7) is 2.05. The van der Waals surface area contributed by atoms with E-state index in [0.29, 0.717) is 0 Å². The van der Waals surface area contributed by atoms with Crippen LogP contribution in [0.5, 0.6) is 0 Å². The highest BCUT2D eigenvalue weighted by Gasteiger charge is 2.01. The molecule has 0 fully saturated rings. The largest absolute Gasteiger partial charge is 0.394 e. The molecular formula is C9H11Br2NO. The average molecular weight is 309 g/mol. The Labute approximate surface area is 94.6 Å². The molecule has 1 rings (SSSR count). The van der Waals surface area contributed by atoms with Crippen LogP contribution in [0.15, 0.2) is 27.1 Å². The number of halogens is 2. The molecule has 0 bridgehead atoms. The maximum atomic E-state index is 8.85. The minimum absolute atomic E-state index is 0.0706. The van der Waals surface area contributed by atoms with Gasteiger partial charge in [-0.25, -0.2) is 0 Å². The number of hydrogen-bond acceptors (Lipinski definition) is 2. The molecule has 0 saturated heterocycles. The average Bonchev–Trinajstić information content (AvgIpc) is 2.02. The fraction of sp³-hybridized carbons (Fsp3) is 0.333. The van der Waals surface area contributed by atoms with Crippen molar-refractivity contribution in [2.75, 3.05) is 11.9 Å². The summed E-state index contributed by atoms with van der Waals surface area (Å²) >= 11 is 6.78. The number of benzene rings is 1. The highest BCUT2D eigenvalue weighted by molar-refractivity contribution is 9.11. The molecule has 1 aromatic carbocycles. The van der Waals surface area contributed by atoms with Crippen LogP contribution >= 0.6 is 31.9 Å². The maximum Gasteiger partial charge on any atom is 0.0630 e. The van der Waals surface area contributed by atoms with E-state index in [-0.39, 0.29) is 12.6 Å². The van der Waals surface area contributed by atoms with E-state index >= 15 is 0 Å². The normalized spacial score (nSPS) is 12.6. The molecule has 1 atom stereocenters. The van der Waals surface area contributed by atoms with Crippen molar-refractivity contribution in [2.45, 2.75) is 13.0 Å². The number of hydrogen-bond donors (Lipinski definition) is 2. The van der Waals surface area contributed by atoms with Gasteiger partial charge in [-0.15, -0.1) is 0 Å². The molecule has 0 aliphatic heterocycles. The Kier molecular flexibility index (Phi) is 4.22. The van der Waals surface area contributed by atoms with E-state index in [4.69, 9.17) is 5.11 Å². The second-order valence-corrected chi connectivity index (χ2v) is 4.72. The lowest BCUT2D eigenvalue weighted by Gasteiger charge is -2.12. The summed E-state index contributed by atoms with van der Waals surface area (Å²) in [6, 6.07) is 5.98. The molecular weight excluding hydrogens is 298 g/mol. The fourth-order valence-electron chi connectivity index (χ4n) is 0.967. The summed E-state index contributed by atoms with van der Waals surface area (Å²) in [5.74, 6) is 0. The number of nitrogens with one attached hydrogen (secondary N) is 1. The number of aliphatic hydroxyl groups is 1. The van der Waals surface area contributed by atoms with Crippen molar-refractivity contribution in [1.82, 2.24) is 0 Å². The van der Waals surface area contributed by atoms with Crippen molar-refractivity contribution in [3.05, 3.63) is 27.1 Å². The van der Waals surface area contributed by atoms with Crippen molar-refractivity contribution >= 4 is 37.5 Å². The van der Waals surface area contributed by atoms with Gasteiger partial charge in [0.25, 0.3) is 0 Å². The molecule has 2 nitrogen and oxygen atoms in total. The van der Waals surface area contributed by atoms with Crippen molar-refractivity contribution in [2.24, 2.45) is 0 Å². The lowest BCUT2D eigenvalue weighted by Crippen LogP contribution is -2.19. The molecule has 0 amide bonds. The SMILES string of the molecule is C[C@H](CO)Nc1cc(Br)cc(Br)c1. The van der Waals surface area contributed by atoms with Gasteiger partial charge >= 0.3 is 0 Å². The van der Waals surface area contributed by atoms with Crippen LogP contribution in [0.1, 0.15) is 6.92 Å². The fourth-order valence-corrected chi connectivity index (χ4v) is 2.26.